The first kappa shape index (κ1) is 19.5. The highest BCUT2D eigenvalue weighted by molar-refractivity contribution is 5.88. The molecular formula is C20H23N5O3. The summed E-state index contributed by atoms with van der Waals surface area (Å²) in [5, 5.41) is 6.90. The number of nitrogens with zero attached hydrogens (tertiary/aromatic N) is 4. The summed E-state index contributed by atoms with van der Waals surface area (Å²) in [7, 11) is 0. The summed E-state index contributed by atoms with van der Waals surface area (Å²) in [6.07, 6.45) is 0.961. The van der Waals surface area contributed by atoms with Crippen LogP contribution in [0.3, 0.4) is 0 Å². The minimum Gasteiger partial charge on any atom is -0.450 e. The summed E-state index contributed by atoms with van der Waals surface area (Å²) in [6, 6.07) is 9.66. The van der Waals surface area contributed by atoms with Crippen LogP contribution >= 0.6 is 0 Å². The average molecular weight is 381 g/mol. The van der Waals surface area contributed by atoms with E-state index in [9.17, 15) is 9.59 Å². The summed E-state index contributed by atoms with van der Waals surface area (Å²) in [5.74, 6) is -0.970. The fraction of sp³-hybridized carbons (Fsp3) is 0.350. The van der Waals surface area contributed by atoms with Gasteiger partial charge in [-0.15, -0.1) is 5.10 Å². The molecule has 2 aromatic heterocycles. The number of rotatable bonds is 6. The van der Waals surface area contributed by atoms with Gasteiger partial charge in [0.1, 0.15) is 0 Å². The van der Waals surface area contributed by atoms with E-state index < -0.39 is 18.5 Å². The molecule has 0 aliphatic carbocycles. The van der Waals surface area contributed by atoms with Gasteiger partial charge in [-0.3, -0.25) is 4.79 Å². The molecule has 1 N–H and O–H groups in total. The van der Waals surface area contributed by atoms with Crippen LogP contribution in [0.25, 0.3) is 5.78 Å². The van der Waals surface area contributed by atoms with E-state index in [-0.39, 0.29) is 11.9 Å². The molecule has 1 amide bonds. The van der Waals surface area contributed by atoms with Crippen molar-refractivity contribution in [3.63, 3.8) is 0 Å². The van der Waals surface area contributed by atoms with E-state index in [0.717, 1.165) is 23.4 Å². The number of esters is 1. The van der Waals surface area contributed by atoms with Gasteiger partial charge in [-0.25, -0.2) is 14.3 Å². The quantitative estimate of drug-likeness (QED) is 0.658. The van der Waals surface area contributed by atoms with Crippen molar-refractivity contribution in [1.82, 2.24) is 24.9 Å². The van der Waals surface area contributed by atoms with E-state index in [1.807, 2.05) is 51.1 Å². The van der Waals surface area contributed by atoms with Crippen LogP contribution in [0.1, 0.15) is 53.0 Å². The van der Waals surface area contributed by atoms with Crippen LogP contribution in [0.15, 0.2) is 30.3 Å². The number of fused-ring (bicyclic) bond motifs is 1. The van der Waals surface area contributed by atoms with E-state index in [1.54, 1.807) is 0 Å². The zero-order valence-electron chi connectivity index (χ0n) is 16.4. The molecule has 1 aromatic carbocycles. The van der Waals surface area contributed by atoms with Gasteiger partial charge in [0, 0.05) is 11.4 Å². The zero-order chi connectivity index (χ0) is 20.3. The first-order chi connectivity index (χ1) is 13.4. The summed E-state index contributed by atoms with van der Waals surface area (Å²) in [4.78, 5) is 32.6. The highest BCUT2D eigenvalue weighted by atomic mass is 16.5. The van der Waals surface area contributed by atoms with Crippen LogP contribution in [-0.2, 0) is 16.0 Å². The van der Waals surface area contributed by atoms with Crippen molar-refractivity contribution in [3.8, 4) is 0 Å². The summed E-state index contributed by atoms with van der Waals surface area (Å²) >= 11 is 0. The predicted octanol–water partition coefficient (Wildman–Crippen LogP) is 2.34. The fourth-order valence-electron chi connectivity index (χ4n) is 2.86. The van der Waals surface area contributed by atoms with Crippen molar-refractivity contribution in [2.75, 3.05) is 6.61 Å². The number of aryl methyl sites for hydroxylation is 3. The summed E-state index contributed by atoms with van der Waals surface area (Å²) < 4.78 is 6.51. The number of aromatic nitrogens is 4. The van der Waals surface area contributed by atoms with Crippen molar-refractivity contribution < 1.29 is 14.3 Å². The lowest BCUT2D eigenvalue weighted by atomic mass is 10.1. The molecule has 0 aliphatic rings. The van der Waals surface area contributed by atoms with E-state index in [0.29, 0.717) is 5.78 Å². The predicted molar refractivity (Wildman–Crippen MR) is 103 cm³/mol. The van der Waals surface area contributed by atoms with Crippen molar-refractivity contribution in [3.05, 3.63) is 58.7 Å². The van der Waals surface area contributed by atoms with Crippen LogP contribution in [-0.4, -0.2) is 38.1 Å². The molecule has 1 atom stereocenters. The van der Waals surface area contributed by atoms with Gasteiger partial charge in [0.2, 0.25) is 0 Å². The Hall–Kier alpha value is -3.29. The minimum absolute atomic E-state index is 0.128. The number of hydrogen-bond donors (Lipinski definition) is 1. The van der Waals surface area contributed by atoms with Crippen LogP contribution in [0.5, 0.6) is 0 Å². The van der Waals surface area contributed by atoms with Gasteiger partial charge < -0.3 is 10.1 Å². The van der Waals surface area contributed by atoms with Crippen LogP contribution in [0.2, 0.25) is 0 Å². The number of carbonyl (C=O) groups is 2. The molecule has 0 spiro atoms. The molecule has 28 heavy (non-hydrogen) atoms. The Labute approximate surface area is 163 Å². The summed E-state index contributed by atoms with van der Waals surface area (Å²) in [5.41, 5.74) is 3.79. The molecule has 0 saturated heterocycles. The standard InChI is InChI=1S/C20H23N5O3/c1-5-15-6-8-16(9-7-15)14(4)22-17(26)11-28-19(27)18-23-20-21-12(2)10-13(3)25(20)24-18/h6-10,14H,5,11H2,1-4H3,(H,22,26)/t14-/m1/s1. The van der Waals surface area contributed by atoms with E-state index >= 15 is 0 Å². The Balaban J connectivity index is 1.57. The highest BCUT2D eigenvalue weighted by Crippen LogP contribution is 2.13. The van der Waals surface area contributed by atoms with Gasteiger partial charge in [-0.1, -0.05) is 31.2 Å². The van der Waals surface area contributed by atoms with Crippen LogP contribution in [0.4, 0.5) is 0 Å². The van der Waals surface area contributed by atoms with E-state index in [1.165, 1.54) is 10.1 Å². The van der Waals surface area contributed by atoms with Crippen LogP contribution < -0.4 is 5.32 Å². The molecule has 0 bridgehead atoms. The number of benzene rings is 1. The summed E-state index contributed by atoms with van der Waals surface area (Å²) in [6.45, 7) is 7.23. The average Bonchev–Trinajstić information content (AvgIpc) is 3.10. The minimum atomic E-state index is -0.766. The number of hydrogen-bond acceptors (Lipinski definition) is 6. The topological polar surface area (TPSA) is 98.5 Å². The Bertz CT molecular complexity index is 1010. The monoisotopic (exact) mass is 381 g/mol. The normalized spacial score (nSPS) is 12.0. The second-order valence-electron chi connectivity index (χ2n) is 6.65. The molecule has 0 radical (unpaired) electrons. The smallest absolute Gasteiger partial charge is 0.378 e. The Morgan fingerprint density at radius 3 is 2.57 bits per heavy atom. The van der Waals surface area contributed by atoms with Gasteiger partial charge in [0.05, 0.1) is 6.04 Å². The lowest BCUT2D eigenvalue weighted by Gasteiger charge is -2.14. The molecule has 0 aliphatic heterocycles. The maximum absolute atomic E-state index is 12.2. The molecule has 0 unspecified atom stereocenters. The molecule has 8 heteroatoms. The molecule has 2 heterocycles. The molecule has 3 rings (SSSR count). The molecular weight excluding hydrogens is 358 g/mol. The lowest BCUT2D eigenvalue weighted by molar-refractivity contribution is -0.124. The number of carbonyl (C=O) groups excluding carboxylic acids is 2. The molecule has 8 nitrogen and oxygen atoms in total. The van der Waals surface area contributed by atoms with Crippen molar-refractivity contribution in [2.45, 2.75) is 40.2 Å². The largest absolute Gasteiger partial charge is 0.450 e. The second-order valence-corrected chi connectivity index (χ2v) is 6.65. The first-order valence-electron chi connectivity index (χ1n) is 9.13. The van der Waals surface area contributed by atoms with Gasteiger partial charge >= 0.3 is 5.97 Å². The van der Waals surface area contributed by atoms with E-state index in [4.69, 9.17) is 4.74 Å². The lowest BCUT2D eigenvalue weighted by Crippen LogP contribution is -2.31. The van der Waals surface area contributed by atoms with Gasteiger partial charge in [0.15, 0.2) is 6.61 Å². The highest BCUT2D eigenvalue weighted by Gasteiger charge is 2.18. The number of ether oxygens (including phenoxy) is 1. The molecule has 3 aromatic rings. The van der Waals surface area contributed by atoms with Crippen LogP contribution in [0, 0.1) is 13.8 Å². The third kappa shape index (κ3) is 4.33. The molecule has 0 saturated carbocycles. The van der Waals surface area contributed by atoms with Gasteiger partial charge in [0.25, 0.3) is 17.5 Å². The van der Waals surface area contributed by atoms with Crippen molar-refractivity contribution in [2.24, 2.45) is 0 Å². The van der Waals surface area contributed by atoms with Crippen molar-refractivity contribution >= 4 is 17.7 Å². The maximum atomic E-state index is 12.2. The van der Waals surface area contributed by atoms with Crippen molar-refractivity contribution in [1.29, 1.82) is 0 Å². The SMILES string of the molecule is CCc1ccc([C@@H](C)NC(=O)COC(=O)c2nc3nc(C)cc(C)n3n2)cc1. The molecule has 146 valence electrons. The second kappa shape index (κ2) is 8.16. The third-order valence-electron chi connectivity index (χ3n) is 4.40. The Morgan fingerprint density at radius 1 is 1.18 bits per heavy atom. The van der Waals surface area contributed by atoms with E-state index in [2.05, 4.69) is 27.3 Å². The molecule has 0 fully saturated rings. The zero-order valence-corrected chi connectivity index (χ0v) is 16.4. The van der Waals surface area contributed by atoms with Gasteiger partial charge in [-0.05, 0) is 44.4 Å². The maximum Gasteiger partial charge on any atom is 0.378 e. The third-order valence-corrected chi connectivity index (χ3v) is 4.40. The Morgan fingerprint density at radius 2 is 1.89 bits per heavy atom. The first-order valence-corrected chi connectivity index (χ1v) is 9.13. The Kier molecular flexibility index (Phi) is 5.67. The number of nitrogens with one attached hydrogen (secondary N) is 1. The van der Waals surface area contributed by atoms with Gasteiger partial charge in [-0.2, -0.15) is 4.98 Å². The number of amides is 1. The fourth-order valence-corrected chi connectivity index (χ4v) is 2.86.